The van der Waals surface area contributed by atoms with Gasteiger partial charge in [0.15, 0.2) is 5.78 Å². The lowest BCUT2D eigenvalue weighted by Gasteiger charge is -2.17. The summed E-state index contributed by atoms with van der Waals surface area (Å²) in [5, 5.41) is 11.0. The number of Topliss-reactive ketones (excluding diaryl/α,β-unsaturated/α-hetero) is 1. The molecule has 1 atom stereocenters. The fourth-order valence-electron chi connectivity index (χ4n) is 1.62. The van der Waals surface area contributed by atoms with E-state index in [2.05, 4.69) is 5.32 Å². The van der Waals surface area contributed by atoms with Crippen LogP contribution in [-0.4, -0.2) is 23.0 Å². The lowest BCUT2D eigenvalue weighted by atomic mass is 9.96. The number of hydrogen-bond donors (Lipinski definition) is 2. The number of rotatable bonds is 5. The first kappa shape index (κ1) is 13.2. The Bertz CT molecular complexity index is 387. The molecule has 0 aliphatic carbocycles. The van der Waals surface area contributed by atoms with Gasteiger partial charge in [0.2, 0.25) is 0 Å². The van der Waals surface area contributed by atoms with E-state index in [1.54, 1.807) is 13.8 Å². The van der Waals surface area contributed by atoms with E-state index in [9.17, 15) is 9.59 Å². The Kier molecular flexibility index (Phi) is 4.69. The molecule has 0 spiro atoms. The van der Waals surface area contributed by atoms with Crippen molar-refractivity contribution in [1.29, 1.82) is 0 Å². The van der Waals surface area contributed by atoms with Crippen molar-refractivity contribution in [3.05, 3.63) is 35.9 Å². The van der Waals surface area contributed by atoms with Crippen LogP contribution >= 0.6 is 0 Å². The number of hydrogen-bond acceptors (Lipinski definition) is 2. The second-order valence-electron chi connectivity index (χ2n) is 4.25. The third-order valence-electron chi connectivity index (χ3n) is 2.49. The predicted octanol–water partition coefficient (Wildman–Crippen LogP) is 2.09. The van der Waals surface area contributed by atoms with E-state index < -0.39 is 12.1 Å². The first-order valence-electron chi connectivity index (χ1n) is 5.58. The van der Waals surface area contributed by atoms with Gasteiger partial charge in [-0.3, -0.25) is 4.79 Å². The van der Waals surface area contributed by atoms with Crippen molar-refractivity contribution in [3.8, 4) is 0 Å². The Morgan fingerprint density at radius 2 is 1.82 bits per heavy atom. The molecule has 1 aromatic carbocycles. The molecule has 0 aromatic heterocycles. The number of nitrogens with one attached hydrogen (secondary N) is 1. The summed E-state index contributed by atoms with van der Waals surface area (Å²) in [7, 11) is 0. The molecule has 1 aromatic rings. The van der Waals surface area contributed by atoms with Gasteiger partial charge in [-0.05, 0) is 12.0 Å². The summed E-state index contributed by atoms with van der Waals surface area (Å²) in [4.78, 5) is 22.5. The Morgan fingerprint density at radius 3 is 2.29 bits per heavy atom. The topological polar surface area (TPSA) is 66.4 Å². The number of carboxylic acid groups (broad SMARTS) is 1. The van der Waals surface area contributed by atoms with Gasteiger partial charge in [-0.1, -0.05) is 44.2 Å². The third-order valence-corrected chi connectivity index (χ3v) is 2.49. The summed E-state index contributed by atoms with van der Waals surface area (Å²) < 4.78 is 0. The average Bonchev–Trinajstić information content (AvgIpc) is 2.28. The standard InChI is InChI=1S/C13H17NO3/c1-9(2)12(15)11(14-13(16)17)8-10-6-4-3-5-7-10/h3-7,9,11,14H,8H2,1-2H3,(H,16,17)/t11-/m0/s1. The van der Waals surface area contributed by atoms with Crippen molar-refractivity contribution < 1.29 is 14.7 Å². The summed E-state index contributed by atoms with van der Waals surface area (Å²) in [6.45, 7) is 3.54. The lowest BCUT2D eigenvalue weighted by molar-refractivity contribution is -0.123. The smallest absolute Gasteiger partial charge is 0.405 e. The van der Waals surface area contributed by atoms with Gasteiger partial charge in [-0.25, -0.2) is 4.79 Å². The molecule has 0 saturated carbocycles. The molecule has 0 fully saturated rings. The third kappa shape index (κ3) is 4.26. The molecule has 0 radical (unpaired) electrons. The van der Waals surface area contributed by atoms with Gasteiger partial charge in [0.1, 0.15) is 0 Å². The minimum absolute atomic E-state index is 0.0868. The SMILES string of the molecule is CC(C)C(=O)[C@H](Cc1ccccc1)NC(=O)O. The van der Waals surface area contributed by atoms with Crippen LogP contribution in [0.2, 0.25) is 0 Å². The molecule has 0 bridgehead atoms. The molecule has 0 aliphatic rings. The van der Waals surface area contributed by atoms with E-state index in [0.717, 1.165) is 5.56 Å². The second kappa shape index (κ2) is 6.03. The summed E-state index contributed by atoms with van der Waals surface area (Å²) in [5.74, 6) is -0.271. The maximum atomic E-state index is 11.9. The van der Waals surface area contributed by atoms with Crippen LogP contribution in [0.1, 0.15) is 19.4 Å². The predicted molar refractivity (Wildman–Crippen MR) is 64.9 cm³/mol. The Hall–Kier alpha value is -1.84. The first-order valence-corrected chi connectivity index (χ1v) is 5.58. The zero-order valence-corrected chi connectivity index (χ0v) is 10.0. The zero-order valence-electron chi connectivity index (χ0n) is 10.0. The Balaban J connectivity index is 2.77. The number of carbonyl (C=O) groups excluding carboxylic acids is 1. The summed E-state index contributed by atoms with van der Waals surface area (Å²) in [6.07, 6.45) is -0.774. The highest BCUT2D eigenvalue weighted by molar-refractivity contribution is 5.88. The number of benzene rings is 1. The lowest BCUT2D eigenvalue weighted by Crippen LogP contribution is -2.43. The average molecular weight is 235 g/mol. The van der Waals surface area contributed by atoms with Crippen molar-refractivity contribution in [2.24, 2.45) is 5.92 Å². The molecule has 0 aliphatic heterocycles. The molecule has 0 saturated heterocycles. The van der Waals surface area contributed by atoms with Crippen LogP contribution in [0.4, 0.5) is 4.79 Å². The highest BCUT2D eigenvalue weighted by Gasteiger charge is 2.22. The van der Waals surface area contributed by atoms with Crippen molar-refractivity contribution in [2.75, 3.05) is 0 Å². The maximum absolute atomic E-state index is 11.9. The van der Waals surface area contributed by atoms with Gasteiger partial charge in [0, 0.05) is 5.92 Å². The van der Waals surface area contributed by atoms with Crippen LogP contribution in [0, 0.1) is 5.92 Å². The van der Waals surface area contributed by atoms with Crippen LogP contribution in [0.15, 0.2) is 30.3 Å². The zero-order chi connectivity index (χ0) is 12.8. The molecule has 0 unspecified atom stereocenters. The fraction of sp³-hybridized carbons (Fsp3) is 0.385. The minimum Gasteiger partial charge on any atom is -0.465 e. The van der Waals surface area contributed by atoms with Crippen molar-refractivity contribution >= 4 is 11.9 Å². The molecule has 0 heterocycles. The van der Waals surface area contributed by atoms with E-state index in [-0.39, 0.29) is 11.7 Å². The first-order chi connectivity index (χ1) is 8.00. The molecule has 2 N–H and O–H groups in total. The Morgan fingerprint density at radius 1 is 1.24 bits per heavy atom. The highest BCUT2D eigenvalue weighted by Crippen LogP contribution is 2.08. The minimum atomic E-state index is -1.17. The van der Waals surface area contributed by atoms with Crippen LogP contribution in [0.3, 0.4) is 0 Å². The van der Waals surface area contributed by atoms with Gasteiger partial charge < -0.3 is 10.4 Å². The molecule has 17 heavy (non-hydrogen) atoms. The monoisotopic (exact) mass is 235 g/mol. The molecule has 92 valence electrons. The second-order valence-corrected chi connectivity index (χ2v) is 4.25. The maximum Gasteiger partial charge on any atom is 0.405 e. The van der Waals surface area contributed by atoms with E-state index in [0.29, 0.717) is 6.42 Å². The van der Waals surface area contributed by atoms with Crippen LogP contribution in [0.25, 0.3) is 0 Å². The van der Waals surface area contributed by atoms with Crippen molar-refractivity contribution in [3.63, 3.8) is 0 Å². The molecule has 4 nitrogen and oxygen atoms in total. The molecule has 1 rings (SSSR count). The van der Waals surface area contributed by atoms with Gasteiger partial charge in [0.25, 0.3) is 0 Å². The normalized spacial score (nSPS) is 12.2. The Labute approximate surface area is 101 Å². The number of amides is 1. The summed E-state index contributed by atoms with van der Waals surface area (Å²) in [5.41, 5.74) is 0.945. The summed E-state index contributed by atoms with van der Waals surface area (Å²) >= 11 is 0. The molecule has 4 heteroatoms. The van der Waals surface area contributed by atoms with Crippen molar-refractivity contribution in [2.45, 2.75) is 26.3 Å². The van der Waals surface area contributed by atoms with Crippen LogP contribution in [-0.2, 0) is 11.2 Å². The largest absolute Gasteiger partial charge is 0.465 e. The van der Waals surface area contributed by atoms with Crippen molar-refractivity contribution in [1.82, 2.24) is 5.32 Å². The number of ketones is 1. The van der Waals surface area contributed by atoms with Crippen LogP contribution < -0.4 is 5.32 Å². The van der Waals surface area contributed by atoms with E-state index in [1.165, 1.54) is 0 Å². The quantitative estimate of drug-likeness (QED) is 0.821. The van der Waals surface area contributed by atoms with E-state index in [4.69, 9.17) is 5.11 Å². The van der Waals surface area contributed by atoms with Gasteiger partial charge in [0.05, 0.1) is 6.04 Å². The highest BCUT2D eigenvalue weighted by atomic mass is 16.4. The van der Waals surface area contributed by atoms with Gasteiger partial charge in [-0.15, -0.1) is 0 Å². The van der Waals surface area contributed by atoms with E-state index in [1.807, 2.05) is 30.3 Å². The molecule has 1 amide bonds. The summed E-state index contributed by atoms with van der Waals surface area (Å²) in [6, 6.07) is 8.71. The number of carbonyl (C=O) groups is 2. The van der Waals surface area contributed by atoms with Crippen LogP contribution in [0.5, 0.6) is 0 Å². The fourth-order valence-corrected chi connectivity index (χ4v) is 1.62. The molecular formula is C13H17NO3. The van der Waals surface area contributed by atoms with Gasteiger partial charge in [-0.2, -0.15) is 0 Å². The van der Waals surface area contributed by atoms with E-state index >= 15 is 0 Å². The molecular weight excluding hydrogens is 218 g/mol. The van der Waals surface area contributed by atoms with Gasteiger partial charge >= 0.3 is 6.09 Å².